The topological polar surface area (TPSA) is 0 Å². The minimum Gasteiger partial charge on any atom is -0.0687 e. The van der Waals surface area contributed by atoms with Gasteiger partial charge in [0.25, 0.3) is 0 Å². The van der Waals surface area contributed by atoms with E-state index >= 15 is 0 Å². The lowest BCUT2D eigenvalue weighted by Crippen LogP contribution is -2.53. The van der Waals surface area contributed by atoms with Crippen LogP contribution < -0.4 is 16.4 Å². The van der Waals surface area contributed by atoms with Gasteiger partial charge in [-0.2, -0.15) is 0 Å². The van der Waals surface area contributed by atoms with Crippen LogP contribution in [0.3, 0.4) is 0 Å². The van der Waals surface area contributed by atoms with E-state index in [0.29, 0.717) is 0 Å². The van der Waals surface area contributed by atoms with Crippen LogP contribution in [0.15, 0.2) is 109 Å². The summed E-state index contributed by atoms with van der Waals surface area (Å²) in [5.74, 6) is 0. The van der Waals surface area contributed by atoms with Crippen molar-refractivity contribution in [3.05, 3.63) is 126 Å². The third kappa shape index (κ3) is 4.12. The molecule has 5 aromatic rings. The molecule has 0 amide bonds. The normalized spacial score (nSPS) is 11.0. The molecule has 1 heteroatoms. The molecule has 0 spiro atoms. The summed E-state index contributed by atoms with van der Waals surface area (Å²) in [6, 6.07) is 40.3. The lowest BCUT2D eigenvalue weighted by atomic mass is 9.36. The number of hydrogen-bond donors (Lipinski definition) is 0. The first-order valence-electron chi connectivity index (χ1n) is 11.9. The van der Waals surface area contributed by atoms with Gasteiger partial charge in [0.15, 0.2) is 0 Å². The van der Waals surface area contributed by atoms with Gasteiger partial charge in [0.1, 0.15) is 0 Å². The second-order valence-corrected chi connectivity index (χ2v) is 9.00. The van der Waals surface area contributed by atoms with Gasteiger partial charge in [0.05, 0.1) is 0 Å². The first kappa shape index (κ1) is 21.3. The lowest BCUT2D eigenvalue weighted by Gasteiger charge is -2.19. The van der Waals surface area contributed by atoms with Crippen molar-refractivity contribution in [3.63, 3.8) is 0 Å². The number of rotatable bonds is 5. The zero-order valence-corrected chi connectivity index (χ0v) is 19.7. The summed E-state index contributed by atoms with van der Waals surface area (Å²) in [6.07, 6.45) is 1.05. The van der Waals surface area contributed by atoms with Crippen molar-refractivity contribution in [1.82, 2.24) is 0 Å². The van der Waals surface area contributed by atoms with Gasteiger partial charge in [-0.05, 0) is 47.7 Å². The average molecular weight is 424 g/mol. The number of benzene rings is 5. The summed E-state index contributed by atoms with van der Waals surface area (Å²) in [5.41, 5.74) is 10.7. The molecule has 0 nitrogen and oxygen atoms in total. The van der Waals surface area contributed by atoms with Gasteiger partial charge in [-0.15, -0.1) is 0 Å². The van der Waals surface area contributed by atoms with E-state index in [1.165, 1.54) is 55.0 Å². The second-order valence-electron chi connectivity index (χ2n) is 9.00. The Morgan fingerprint density at radius 2 is 1.27 bits per heavy atom. The Balaban J connectivity index is 1.62. The third-order valence-electron chi connectivity index (χ3n) is 6.83. The molecule has 33 heavy (non-hydrogen) atoms. The van der Waals surface area contributed by atoms with E-state index in [1.54, 1.807) is 0 Å². The van der Waals surface area contributed by atoms with E-state index in [-0.39, 0.29) is 6.71 Å². The van der Waals surface area contributed by atoms with Crippen LogP contribution in [0.4, 0.5) is 0 Å². The number of hydrogen-bond acceptors (Lipinski definition) is 0. The maximum atomic E-state index is 2.35. The molecule has 5 rings (SSSR count). The highest BCUT2D eigenvalue weighted by Gasteiger charge is 2.23. The molecular weight excluding hydrogens is 395 g/mol. The molecule has 5 aromatic carbocycles. The fourth-order valence-corrected chi connectivity index (χ4v) is 5.04. The average Bonchev–Trinajstić information content (AvgIpc) is 2.87. The molecule has 0 fully saturated rings. The van der Waals surface area contributed by atoms with E-state index < -0.39 is 0 Å². The first-order valence-corrected chi connectivity index (χ1v) is 11.9. The largest absolute Gasteiger partial charge is 0.241 e. The van der Waals surface area contributed by atoms with Crippen molar-refractivity contribution < 1.29 is 0 Å². The smallest absolute Gasteiger partial charge is 0.0687 e. The minimum absolute atomic E-state index is 0.222. The molecule has 160 valence electrons. The predicted molar refractivity (Wildman–Crippen MR) is 146 cm³/mol. The number of fused-ring (bicyclic) bond motifs is 1. The van der Waals surface area contributed by atoms with Crippen molar-refractivity contribution in [2.24, 2.45) is 0 Å². The summed E-state index contributed by atoms with van der Waals surface area (Å²) < 4.78 is 0. The van der Waals surface area contributed by atoms with E-state index in [9.17, 15) is 0 Å². The molecule has 0 aliphatic rings. The Kier molecular flexibility index (Phi) is 5.88. The Labute approximate surface area is 198 Å². The van der Waals surface area contributed by atoms with Gasteiger partial charge in [-0.3, -0.25) is 0 Å². The maximum Gasteiger partial charge on any atom is 0.241 e. The molecule has 0 aromatic heterocycles. The Morgan fingerprint density at radius 1 is 0.606 bits per heavy atom. The van der Waals surface area contributed by atoms with Crippen molar-refractivity contribution in [2.45, 2.75) is 27.2 Å². The highest BCUT2D eigenvalue weighted by atomic mass is 14.1. The predicted octanol–water partition coefficient (Wildman–Crippen LogP) is 6.20. The van der Waals surface area contributed by atoms with E-state index in [4.69, 9.17) is 0 Å². The zero-order valence-electron chi connectivity index (χ0n) is 19.7. The Hall–Kier alpha value is -3.58. The van der Waals surface area contributed by atoms with Crippen LogP contribution in [0, 0.1) is 13.8 Å². The molecule has 0 radical (unpaired) electrons. The fourth-order valence-electron chi connectivity index (χ4n) is 5.04. The monoisotopic (exact) mass is 424 g/mol. The van der Waals surface area contributed by atoms with Crippen LogP contribution in [-0.2, 0) is 6.42 Å². The highest BCUT2D eigenvalue weighted by molar-refractivity contribution is 6.95. The molecule has 0 atom stereocenters. The van der Waals surface area contributed by atoms with Gasteiger partial charge in [0.2, 0.25) is 6.71 Å². The van der Waals surface area contributed by atoms with E-state index in [2.05, 4.69) is 130 Å². The standard InChI is InChI=1S/C32H29B/c1-4-25-18-21-30(31-13-9-8-12-29(25)31)26-16-19-28(20-17-26)33(27-10-6-5-7-11-27)32-22-23(2)14-15-24(32)3/h5-22H,4H2,1-3H3. The SMILES string of the molecule is CCc1ccc(-c2ccc(B(c3ccccc3)c3cc(C)ccc3C)cc2)c2ccccc12. The third-order valence-corrected chi connectivity index (χ3v) is 6.83. The Morgan fingerprint density at radius 3 is 2.00 bits per heavy atom. The van der Waals surface area contributed by atoms with E-state index in [0.717, 1.165) is 6.42 Å². The molecule has 0 heterocycles. The summed E-state index contributed by atoms with van der Waals surface area (Å²) >= 11 is 0. The molecule has 0 aliphatic carbocycles. The summed E-state index contributed by atoms with van der Waals surface area (Å²) in [7, 11) is 0. The van der Waals surface area contributed by atoms with Crippen LogP contribution >= 0.6 is 0 Å². The molecular formula is C32H29B. The van der Waals surface area contributed by atoms with Crippen molar-refractivity contribution in [3.8, 4) is 11.1 Å². The van der Waals surface area contributed by atoms with Gasteiger partial charge in [-0.25, -0.2) is 0 Å². The van der Waals surface area contributed by atoms with Gasteiger partial charge >= 0.3 is 0 Å². The van der Waals surface area contributed by atoms with Gasteiger partial charge < -0.3 is 0 Å². The number of aryl methyl sites for hydroxylation is 3. The quantitative estimate of drug-likeness (QED) is 0.295. The minimum atomic E-state index is 0.222. The summed E-state index contributed by atoms with van der Waals surface area (Å²) in [6.45, 7) is 6.85. The summed E-state index contributed by atoms with van der Waals surface area (Å²) in [4.78, 5) is 0. The second kappa shape index (κ2) is 9.12. The van der Waals surface area contributed by atoms with Gasteiger partial charge in [0, 0.05) is 0 Å². The maximum absolute atomic E-state index is 2.35. The molecule has 0 bridgehead atoms. The fraction of sp³-hybridized carbons (Fsp3) is 0.125. The van der Waals surface area contributed by atoms with Crippen LogP contribution in [-0.4, -0.2) is 6.71 Å². The highest BCUT2D eigenvalue weighted by Crippen LogP contribution is 2.30. The van der Waals surface area contributed by atoms with Crippen molar-refractivity contribution in [2.75, 3.05) is 0 Å². The molecule has 0 saturated heterocycles. The van der Waals surface area contributed by atoms with Crippen LogP contribution in [0.1, 0.15) is 23.6 Å². The van der Waals surface area contributed by atoms with Crippen molar-refractivity contribution >= 4 is 33.9 Å². The first-order chi connectivity index (χ1) is 16.2. The molecule has 0 unspecified atom stereocenters. The molecule has 0 saturated carbocycles. The van der Waals surface area contributed by atoms with Gasteiger partial charge in [-0.1, -0.05) is 144 Å². The molecule has 0 aliphatic heterocycles. The van der Waals surface area contributed by atoms with E-state index in [1.807, 2.05) is 0 Å². The van der Waals surface area contributed by atoms with Crippen LogP contribution in [0.2, 0.25) is 0 Å². The van der Waals surface area contributed by atoms with Crippen LogP contribution in [0.5, 0.6) is 0 Å². The van der Waals surface area contributed by atoms with Crippen molar-refractivity contribution in [1.29, 1.82) is 0 Å². The zero-order chi connectivity index (χ0) is 22.8. The summed E-state index contributed by atoms with van der Waals surface area (Å²) in [5, 5.41) is 2.69. The molecule has 0 N–H and O–H groups in total. The lowest BCUT2D eigenvalue weighted by molar-refractivity contribution is 1.16. The Bertz CT molecular complexity index is 1400. The van der Waals surface area contributed by atoms with Crippen LogP contribution in [0.25, 0.3) is 21.9 Å².